The van der Waals surface area contributed by atoms with Crippen molar-refractivity contribution in [3.63, 3.8) is 0 Å². The van der Waals surface area contributed by atoms with Crippen molar-refractivity contribution in [1.82, 2.24) is 0 Å². The number of aryl methyl sites for hydroxylation is 1. The van der Waals surface area contributed by atoms with Gasteiger partial charge in [-0.1, -0.05) is 15.9 Å². The van der Waals surface area contributed by atoms with Crippen LogP contribution in [0.3, 0.4) is 0 Å². The van der Waals surface area contributed by atoms with E-state index in [1.165, 1.54) is 0 Å². The van der Waals surface area contributed by atoms with Gasteiger partial charge in [-0.25, -0.2) is 4.79 Å². The van der Waals surface area contributed by atoms with Gasteiger partial charge >= 0.3 is 5.97 Å². The minimum atomic E-state index is -0.516. The van der Waals surface area contributed by atoms with E-state index in [4.69, 9.17) is 9.47 Å². The normalized spacial score (nSPS) is 17.8. The molecule has 1 atom stereocenters. The number of hydrogen-bond donors (Lipinski definition) is 1. The maximum atomic E-state index is 11.7. The highest BCUT2D eigenvalue weighted by molar-refractivity contribution is 9.10. The van der Waals surface area contributed by atoms with Gasteiger partial charge in [-0.3, -0.25) is 4.79 Å². The first-order valence-electron chi connectivity index (χ1n) is 6.40. The molecule has 0 aliphatic carbocycles. The smallest absolute Gasteiger partial charge is 0.335 e. The van der Waals surface area contributed by atoms with Gasteiger partial charge in [-0.2, -0.15) is 0 Å². The highest BCUT2D eigenvalue weighted by Crippen LogP contribution is 2.20. The van der Waals surface area contributed by atoms with Crippen LogP contribution in [0.2, 0.25) is 0 Å². The molecule has 108 valence electrons. The van der Waals surface area contributed by atoms with Crippen LogP contribution in [0, 0.1) is 6.92 Å². The van der Waals surface area contributed by atoms with Crippen LogP contribution in [0.25, 0.3) is 0 Å². The van der Waals surface area contributed by atoms with Crippen LogP contribution in [0.5, 0.6) is 0 Å². The van der Waals surface area contributed by atoms with Crippen LogP contribution in [-0.4, -0.2) is 31.2 Å². The lowest BCUT2D eigenvalue weighted by atomic mass is 10.2. The summed E-state index contributed by atoms with van der Waals surface area (Å²) >= 11 is 3.39. The summed E-state index contributed by atoms with van der Waals surface area (Å²) < 4.78 is 11.1. The second-order valence-electron chi connectivity index (χ2n) is 4.62. The Morgan fingerprint density at radius 3 is 2.95 bits per heavy atom. The number of hydrogen-bond acceptors (Lipinski definition) is 4. The van der Waals surface area contributed by atoms with E-state index in [9.17, 15) is 9.59 Å². The van der Waals surface area contributed by atoms with Crippen molar-refractivity contribution >= 4 is 33.5 Å². The van der Waals surface area contributed by atoms with Gasteiger partial charge in [0.15, 0.2) is 12.7 Å². The number of nitrogens with one attached hydrogen (secondary N) is 1. The van der Waals surface area contributed by atoms with Crippen molar-refractivity contribution in [2.24, 2.45) is 0 Å². The lowest BCUT2D eigenvalue weighted by Gasteiger charge is -2.10. The number of benzene rings is 1. The van der Waals surface area contributed by atoms with Crippen LogP contribution in [0.15, 0.2) is 22.7 Å². The van der Waals surface area contributed by atoms with E-state index < -0.39 is 12.1 Å². The molecule has 1 aliphatic rings. The van der Waals surface area contributed by atoms with Gasteiger partial charge in [0.1, 0.15) is 0 Å². The predicted octanol–water partition coefficient (Wildman–Crippen LogP) is 2.42. The third-order valence-electron chi connectivity index (χ3n) is 2.98. The Morgan fingerprint density at radius 2 is 2.30 bits per heavy atom. The summed E-state index contributed by atoms with van der Waals surface area (Å²) in [4.78, 5) is 23.3. The molecule has 20 heavy (non-hydrogen) atoms. The number of anilines is 1. The Morgan fingerprint density at radius 1 is 1.50 bits per heavy atom. The highest BCUT2D eigenvalue weighted by Gasteiger charge is 2.25. The van der Waals surface area contributed by atoms with E-state index in [1.54, 1.807) is 6.07 Å². The van der Waals surface area contributed by atoms with Gasteiger partial charge < -0.3 is 14.8 Å². The van der Waals surface area contributed by atoms with E-state index in [2.05, 4.69) is 21.2 Å². The zero-order chi connectivity index (χ0) is 14.5. The second kappa shape index (κ2) is 6.85. The highest BCUT2D eigenvalue weighted by atomic mass is 79.9. The first-order valence-corrected chi connectivity index (χ1v) is 7.20. The topological polar surface area (TPSA) is 64.6 Å². The summed E-state index contributed by atoms with van der Waals surface area (Å²) in [5.74, 6) is -0.831. The Kier molecular flexibility index (Phi) is 5.14. The fourth-order valence-corrected chi connectivity index (χ4v) is 2.16. The van der Waals surface area contributed by atoms with Gasteiger partial charge in [-0.15, -0.1) is 0 Å². The Bertz CT molecular complexity index is 512. The number of halogens is 1. The second-order valence-corrected chi connectivity index (χ2v) is 5.48. The van der Waals surface area contributed by atoms with Crippen molar-refractivity contribution in [1.29, 1.82) is 0 Å². The van der Waals surface area contributed by atoms with Crippen LogP contribution < -0.4 is 5.32 Å². The molecule has 0 radical (unpaired) electrons. The van der Waals surface area contributed by atoms with Gasteiger partial charge in [0.05, 0.1) is 0 Å². The molecular formula is C14H16BrNO4. The van der Waals surface area contributed by atoms with Crippen LogP contribution >= 0.6 is 15.9 Å². The van der Waals surface area contributed by atoms with Gasteiger partial charge in [-0.05, 0) is 43.5 Å². The molecule has 0 spiro atoms. The third-order valence-corrected chi connectivity index (χ3v) is 3.87. The molecule has 0 unspecified atom stereocenters. The van der Waals surface area contributed by atoms with Gasteiger partial charge in [0.25, 0.3) is 5.91 Å². The maximum Gasteiger partial charge on any atom is 0.335 e. The number of ether oxygens (including phenoxy) is 2. The SMILES string of the molecule is Cc1cc(NC(=O)COC(=O)[C@H]2CCCO2)ccc1Br. The average Bonchev–Trinajstić information content (AvgIpc) is 2.94. The molecule has 1 fully saturated rings. The molecule has 0 aromatic heterocycles. The molecule has 1 aromatic rings. The molecule has 2 rings (SSSR count). The molecule has 1 N–H and O–H groups in total. The first-order chi connectivity index (χ1) is 9.56. The number of amides is 1. The minimum absolute atomic E-state index is 0.298. The van der Waals surface area contributed by atoms with Gasteiger partial charge in [0, 0.05) is 16.8 Å². The van der Waals surface area contributed by atoms with Crippen LogP contribution in [-0.2, 0) is 19.1 Å². The van der Waals surface area contributed by atoms with E-state index in [0.29, 0.717) is 18.7 Å². The number of rotatable bonds is 4. The molecule has 5 nitrogen and oxygen atoms in total. The third kappa shape index (κ3) is 4.05. The largest absolute Gasteiger partial charge is 0.454 e. The fourth-order valence-electron chi connectivity index (χ4n) is 1.91. The van der Waals surface area contributed by atoms with Crippen LogP contribution in [0.1, 0.15) is 18.4 Å². The minimum Gasteiger partial charge on any atom is -0.454 e. The number of carbonyl (C=O) groups excluding carboxylic acids is 2. The zero-order valence-corrected chi connectivity index (χ0v) is 12.7. The van der Waals surface area contributed by atoms with Crippen molar-refractivity contribution in [2.45, 2.75) is 25.9 Å². The first kappa shape index (κ1) is 15.0. The summed E-state index contributed by atoms with van der Waals surface area (Å²) in [6, 6.07) is 5.46. The van der Waals surface area contributed by atoms with E-state index in [1.807, 2.05) is 19.1 Å². The Balaban J connectivity index is 1.80. The van der Waals surface area contributed by atoms with E-state index in [-0.39, 0.29) is 12.5 Å². The molecule has 1 aromatic carbocycles. The molecule has 6 heteroatoms. The monoisotopic (exact) mass is 341 g/mol. The summed E-state index contributed by atoms with van der Waals surface area (Å²) in [5, 5.41) is 2.68. The van der Waals surface area contributed by atoms with Crippen molar-refractivity contribution in [3.05, 3.63) is 28.2 Å². The number of esters is 1. The Labute approximate surface area is 125 Å². The quantitative estimate of drug-likeness (QED) is 0.854. The van der Waals surface area contributed by atoms with Crippen LogP contribution in [0.4, 0.5) is 5.69 Å². The Hall–Kier alpha value is -1.40. The predicted molar refractivity (Wildman–Crippen MR) is 77.4 cm³/mol. The van der Waals surface area contributed by atoms with Gasteiger partial charge in [0.2, 0.25) is 0 Å². The lowest BCUT2D eigenvalue weighted by molar-refractivity contribution is -0.156. The average molecular weight is 342 g/mol. The van der Waals surface area contributed by atoms with E-state index in [0.717, 1.165) is 16.5 Å². The molecular weight excluding hydrogens is 326 g/mol. The van der Waals surface area contributed by atoms with Crippen molar-refractivity contribution in [2.75, 3.05) is 18.5 Å². The summed E-state index contributed by atoms with van der Waals surface area (Å²) in [6.45, 7) is 2.20. The molecule has 0 saturated carbocycles. The molecule has 1 aliphatic heterocycles. The molecule has 0 bridgehead atoms. The maximum absolute atomic E-state index is 11.7. The molecule has 1 amide bonds. The molecule has 1 heterocycles. The standard InChI is InChI=1S/C14H16BrNO4/c1-9-7-10(4-5-11(9)15)16-13(17)8-20-14(18)12-3-2-6-19-12/h4-5,7,12H,2-3,6,8H2,1H3,(H,16,17)/t12-/m1/s1. The number of carbonyl (C=O) groups is 2. The zero-order valence-electron chi connectivity index (χ0n) is 11.1. The summed E-state index contributed by atoms with van der Waals surface area (Å²) in [5.41, 5.74) is 1.68. The summed E-state index contributed by atoms with van der Waals surface area (Å²) in [7, 11) is 0. The fraction of sp³-hybridized carbons (Fsp3) is 0.429. The van der Waals surface area contributed by atoms with Crippen molar-refractivity contribution in [3.8, 4) is 0 Å². The lowest BCUT2D eigenvalue weighted by Crippen LogP contribution is -2.27. The van der Waals surface area contributed by atoms with Crippen molar-refractivity contribution < 1.29 is 19.1 Å². The van der Waals surface area contributed by atoms with E-state index >= 15 is 0 Å². The summed E-state index contributed by atoms with van der Waals surface area (Å²) in [6.07, 6.45) is 0.994. The molecule has 1 saturated heterocycles.